The van der Waals surface area contributed by atoms with E-state index in [9.17, 15) is 9.90 Å². The third-order valence-electron chi connectivity index (χ3n) is 9.33. The van der Waals surface area contributed by atoms with Gasteiger partial charge in [-0.05, 0) is 81.9 Å². The highest BCUT2D eigenvalue weighted by molar-refractivity contribution is 5.94. The Morgan fingerprint density at radius 3 is 2.43 bits per heavy atom. The first kappa shape index (κ1) is 26.6. The van der Waals surface area contributed by atoms with E-state index in [0.29, 0.717) is 17.8 Å². The third-order valence-corrected chi connectivity index (χ3v) is 9.33. The summed E-state index contributed by atoms with van der Waals surface area (Å²) < 4.78 is 6.36. The number of nitrogens with one attached hydrogen (secondary N) is 1. The number of carbonyl (C=O) groups excluding carboxylic acids is 1. The number of aliphatic hydroxyl groups is 1. The summed E-state index contributed by atoms with van der Waals surface area (Å²) in [6.07, 6.45) is 10.9. The summed E-state index contributed by atoms with van der Waals surface area (Å²) >= 11 is 0. The minimum atomic E-state index is -0.928. The fourth-order valence-corrected chi connectivity index (χ4v) is 6.83. The topological polar surface area (TPSA) is 61.8 Å². The van der Waals surface area contributed by atoms with E-state index in [4.69, 9.17) is 4.74 Å². The maximum absolute atomic E-state index is 13.4. The second-order valence-electron chi connectivity index (χ2n) is 14.0. The highest BCUT2D eigenvalue weighted by Gasteiger charge is 2.49. The fourth-order valence-electron chi connectivity index (χ4n) is 6.83. The number of benzene rings is 1. The van der Waals surface area contributed by atoms with Gasteiger partial charge in [-0.15, -0.1) is 0 Å². The van der Waals surface area contributed by atoms with E-state index in [-0.39, 0.29) is 23.9 Å². The van der Waals surface area contributed by atoms with Crippen molar-refractivity contribution in [2.45, 2.75) is 122 Å². The highest BCUT2D eigenvalue weighted by atomic mass is 16.5. The number of hydrogen-bond donors (Lipinski definition) is 2. The summed E-state index contributed by atoms with van der Waals surface area (Å²) in [6, 6.07) is 5.00. The predicted molar refractivity (Wildman–Crippen MR) is 149 cm³/mol. The lowest BCUT2D eigenvalue weighted by Gasteiger charge is -2.37. The van der Waals surface area contributed by atoms with Gasteiger partial charge in [0.05, 0.1) is 18.2 Å². The molecule has 1 atom stereocenters. The predicted octanol–water partition coefficient (Wildman–Crippen LogP) is 6.29. The van der Waals surface area contributed by atoms with Crippen molar-refractivity contribution in [3.8, 4) is 5.75 Å². The van der Waals surface area contributed by atoms with Gasteiger partial charge in [0.2, 0.25) is 5.91 Å². The molecule has 204 valence electrons. The number of fused-ring (bicyclic) bond motifs is 2. The van der Waals surface area contributed by atoms with Crippen LogP contribution in [0, 0.1) is 5.92 Å². The Morgan fingerprint density at radius 2 is 1.81 bits per heavy atom. The Labute approximate surface area is 224 Å². The van der Waals surface area contributed by atoms with Crippen LogP contribution >= 0.6 is 0 Å². The van der Waals surface area contributed by atoms with Crippen molar-refractivity contribution in [3.05, 3.63) is 40.1 Å². The maximum Gasteiger partial charge on any atom is 0.249 e. The molecule has 37 heavy (non-hydrogen) atoms. The highest BCUT2D eigenvalue weighted by Crippen LogP contribution is 2.58. The zero-order valence-electron chi connectivity index (χ0n) is 24.0. The molecule has 0 saturated heterocycles. The summed E-state index contributed by atoms with van der Waals surface area (Å²) in [7, 11) is 0. The van der Waals surface area contributed by atoms with Crippen molar-refractivity contribution in [1.29, 1.82) is 0 Å². The van der Waals surface area contributed by atoms with Crippen molar-refractivity contribution >= 4 is 5.91 Å². The Hall–Kier alpha value is -2.01. The number of amides is 1. The minimum absolute atomic E-state index is 0.0182. The maximum atomic E-state index is 13.4. The molecule has 2 heterocycles. The van der Waals surface area contributed by atoms with E-state index >= 15 is 0 Å². The van der Waals surface area contributed by atoms with Gasteiger partial charge in [-0.1, -0.05) is 40.0 Å². The van der Waals surface area contributed by atoms with Gasteiger partial charge in [-0.3, -0.25) is 4.79 Å². The molecule has 1 aromatic rings. The van der Waals surface area contributed by atoms with E-state index in [0.717, 1.165) is 36.6 Å². The van der Waals surface area contributed by atoms with Gasteiger partial charge in [0.25, 0.3) is 0 Å². The standard InChI is InChI=1S/C32H48N2O3/c1-21-24(29(35)33-20-31(5,6)36)18-27(34(21)19-22-10-8-7-9-11-22)23-16-25(30(2,3)4)28-26(17-23)32(12-13-32)14-15-37-28/h16-17,22,27,36H,7-15,18-20H2,1-6H3,(H,33,35). The number of allylic oxidation sites excluding steroid dienone is 1. The molecule has 2 N–H and O–H groups in total. The second kappa shape index (κ2) is 9.63. The van der Waals surface area contributed by atoms with Crippen LogP contribution < -0.4 is 10.1 Å². The summed E-state index contributed by atoms with van der Waals surface area (Å²) in [5.41, 5.74) is 5.39. The van der Waals surface area contributed by atoms with Crippen molar-refractivity contribution in [3.63, 3.8) is 0 Å². The molecule has 2 saturated carbocycles. The van der Waals surface area contributed by atoms with Crippen molar-refractivity contribution < 1.29 is 14.6 Å². The molecule has 4 aliphatic rings. The van der Waals surface area contributed by atoms with E-state index in [2.05, 4.69) is 50.0 Å². The Balaban J connectivity index is 1.52. The number of nitrogens with zero attached hydrogens (tertiary/aromatic N) is 1. The summed E-state index contributed by atoms with van der Waals surface area (Å²) in [5.74, 6) is 1.78. The minimum Gasteiger partial charge on any atom is -0.493 e. The molecule has 2 aliphatic carbocycles. The van der Waals surface area contributed by atoms with Gasteiger partial charge in [0, 0.05) is 47.3 Å². The first-order chi connectivity index (χ1) is 17.4. The summed E-state index contributed by atoms with van der Waals surface area (Å²) in [6.45, 7) is 14.6. The number of rotatable bonds is 6. The van der Waals surface area contributed by atoms with E-state index < -0.39 is 5.60 Å². The molecule has 5 heteroatoms. The lowest BCUT2D eigenvalue weighted by Crippen LogP contribution is -2.38. The van der Waals surface area contributed by atoms with Gasteiger partial charge in [0.1, 0.15) is 5.75 Å². The SMILES string of the molecule is CC1=C(C(=O)NCC(C)(C)O)CC(c2cc(C(C)(C)C)c3c(c2)C2(CCO3)CC2)N1CC1CCCCC1. The zero-order valence-corrected chi connectivity index (χ0v) is 24.0. The monoisotopic (exact) mass is 508 g/mol. The van der Waals surface area contributed by atoms with Crippen molar-refractivity contribution in [2.75, 3.05) is 19.7 Å². The third kappa shape index (κ3) is 5.44. The van der Waals surface area contributed by atoms with Gasteiger partial charge in [-0.2, -0.15) is 0 Å². The molecule has 1 unspecified atom stereocenters. The lowest BCUT2D eigenvalue weighted by molar-refractivity contribution is -0.118. The first-order valence-corrected chi connectivity index (χ1v) is 14.7. The Kier molecular flexibility index (Phi) is 6.92. The smallest absolute Gasteiger partial charge is 0.249 e. The molecule has 5 nitrogen and oxygen atoms in total. The number of carbonyl (C=O) groups is 1. The average molecular weight is 509 g/mol. The van der Waals surface area contributed by atoms with Crippen LogP contribution in [0.1, 0.15) is 122 Å². The molecule has 2 fully saturated rings. The Bertz CT molecular complexity index is 1050. The van der Waals surface area contributed by atoms with Gasteiger partial charge in [0.15, 0.2) is 0 Å². The zero-order chi connectivity index (χ0) is 26.6. The van der Waals surface area contributed by atoms with Gasteiger partial charge < -0.3 is 20.1 Å². The molecule has 1 aromatic carbocycles. The molecule has 1 spiro atoms. The van der Waals surface area contributed by atoms with Crippen molar-refractivity contribution in [1.82, 2.24) is 10.2 Å². The lowest BCUT2D eigenvalue weighted by atomic mass is 9.78. The van der Waals surface area contributed by atoms with Gasteiger partial charge >= 0.3 is 0 Å². The molecular weight excluding hydrogens is 460 g/mol. The normalized spacial score (nSPS) is 23.8. The largest absolute Gasteiger partial charge is 0.493 e. The van der Waals surface area contributed by atoms with Crippen LogP contribution in [0.3, 0.4) is 0 Å². The molecule has 5 rings (SSSR count). The quantitative estimate of drug-likeness (QED) is 0.474. The van der Waals surface area contributed by atoms with Gasteiger partial charge in [-0.25, -0.2) is 0 Å². The van der Waals surface area contributed by atoms with Crippen LogP contribution in [0.15, 0.2) is 23.4 Å². The number of ether oxygens (including phenoxy) is 1. The second-order valence-corrected chi connectivity index (χ2v) is 14.0. The van der Waals surface area contributed by atoms with Crippen LogP contribution in [0.5, 0.6) is 5.75 Å². The van der Waals surface area contributed by atoms with Crippen molar-refractivity contribution in [2.24, 2.45) is 5.92 Å². The summed E-state index contributed by atoms with van der Waals surface area (Å²) in [4.78, 5) is 15.9. The van der Waals surface area contributed by atoms with E-state index in [1.165, 1.54) is 61.6 Å². The number of hydrogen-bond acceptors (Lipinski definition) is 4. The summed E-state index contributed by atoms with van der Waals surface area (Å²) in [5, 5.41) is 13.2. The van der Waals surface area contributed by atoms with E-state index in [1.807, 2.05) is 0 Å². The average Bonchev–Trinajstić information content (AvgIpc) is 3.53. The Morgan fingerprint density at radius 1 is 1.11 bits per heavy atom. The van der Waals surface area contributed by atoms with Crippen LogP contribution in [0.4, 0.5) is 0 Å². The first-order valence-electron chi connectivity index (χ1n) is 14.7. The van der Waals surface area contributed by atoms with Crippen LogP contribution in [0.2, 0.25) is 0 Å². The van der Waals surface area contributed by atoms with Crippen LogP contribution in [0.25, 0.3) is 0 Å². The fraction of sp³-hybridized carbons (Fsp3) is 0.719. The van der Waals surface area contributed by atoms with Crippen LogP contribution in [-0.2, 0) is 15.6 Å². The van der Waals surface area contributed by atoms with Crippen LogP contribution in [-0.4, -0.2) is 41.2 Å². The molecule has 2 aliphatic heterocycles. The molecule has 0 radical (unpaired) electrons. The van der Waals surface area contributed by atoms with E-state index in [1.54, 1.807) is 13.8 Å². The molecular formula is C32H48N2O3. The molecule has 0 bridgehead atoms. The molecule has 1 amide bonds. The molecule has 0 aromatic heterocycles.